The maximum Gasteiger partial charge on any atom is 0.246 e. The first-order valence-corrected chi connectivity index (χ1v) is 41.4. The van der Waals surface area contributed by atoms with E-state index >= 15 is 19.2 Å². The smallest absolute Gasteiger partial charge is 0.246 e. The van der Waals surface area contributed by atoms with Gasteiger partial charge in [-0.1, -0.05) is 134 Å². The molecule has 35 heteroatoms. The van der Waals surface area contributed by atoms with E-state index in [0.717, 1.165) is 0 Å². The number of Topliss-reactive ketones (excluding diaryl/α,β-unsaturated/α-hetero) is 2. The number of aromatic hydroxyl groups is 1. The number of amides is 14. The van der Waals surface area contributed by atoms with Gasteiger partial charge < -0.3 is 101 Å². The molecule has 15 atom stereocenters. The summed E-state index contributed by atoms with van der Waals surface area (Å²) in [6.07, 6.45) is 5.86. The number of para-hydroxylation sites is 1. The highest BCUT2D eigenvalue weighted by atomic mass is 16.3. The van der Waals surface area contributed by atoms with Crippen LogP contribution >= 0.6 is 0 Å². The lowest BCUT2D eigenvalue weighted by atomic mass is 9.90. The largest absolute Gasteiger partial charge is 0.508 e. The molecular weight excluding hydrogens is 1570 g/mol. The standard InChI is InChI=1S/C86H126N16O19.CH4/c1-48(2)31-34-58-45-90-63(37-38-69(87)107)72(109)71(108)50(5)91-77(114)67(44-59-46-89-62-30-24-23-29-61(59)62)97-78(115)65(43-57-32-35-60(106)36-33-57)96-75(112)53(8)94-83(120)85(11,102-81(118)66(42-56-27-21-20-22-28-56)98-82(119)70(54(9)104)100-79(116)64(41-49(3)4)95-55(10)105)39-25-18-16-14-13-15-17-19-26-40-86(12,101-76(58)113)84(121)99-68(47-103)80(117)93-52(7)74(111)92-51(6)73(88)110;/h15,17,20-24,27-30,32-33,35-36,46,48-54,58,63-68,70,89-90,103-104,106H,13-14,16,18-19,25-26,31,34,37-45,47H2,1-12H3,(H2,87,107)(H2,88,110)(H,91,114)(H,92,111)(H,93,117)(H,94,120)(H,95,105)(H,96,112)(H,97,115)(H,98,119)(H,99,121)(H,100,116)(H,101,113)(H,102,118);1H4/b17-15-;/t50?,51?,52-,53?,54+,58+,63-,64-,65-,66-,67-,68?,70-,85+,86-;/m0./s1. The first-order chi connectivity index (χ1) is 57.0. The highest BCUT2D eigenvalue weighted by Crippen LogP contribution is 2.25. The number of hydrogen-bond acceptors (Lipinski definition) is 20. The summed E-state index contributed by atoms with van der Waals surface area (Å²) in [6.45, 7) is 16.6. The number of hydrogen-bond donors (Lipinski definition) is 19. The Bertz CT molecular complexity index is 4270. The lowest BCUT2D eigenvalue weighted by Crippen LogP contribution is -2.64. The molecule has 3 aromatic carbocycles. The number of aromatic nitrogens is 1. The van der Waals surface area contributed by atoms with Gasteiger partial charge in [-0.3, -0.25) is 76.7 Å². The molecule has 35 nitrogen and oxygen atoms in total. The summed E-state index contributed by atoms with van der Waals surface area (Å²) < 4.78 is 0. The van der Waals surface area contributed by atoms with Crippen molar-refractivity contribution in [3.63, 3.8) is 0 Å². The Balaban J connectivity index is 0.0000312. The number of ketones is 2. The van der Waals surface area contributed by atoms with Gasteiger partial charge in [0.25, 0.3) is 0 Å². The highest BCUT2D eigenvalue weighted by Gasteiger charge is 2.43. The second-order valence-corrected chi connectivity index (χ2v) is 32.7. The first kappa shape index (κ1) is 103. The molecule has 0 fully saturated rings. The molecule has 5 rings (SSSR count). The van der Waals surface area contributed by atoms with Crippen LogP contribution in [0.15, 0.2) is 97.2 Å². The van der Waals surface area contributed by atoms with Crippen molar-refractivity contribution >= 4 is 105 Å². The zero-order chi connectivity index (χ0) is 90.0. The lowest BCUT2D eigenvalue weighted by Gasteiger charge is -2.33. The molecule has 672 valence electrons. The minimum Gasteiger partial charge on any atom is -0.508 e. The molecule has 0 saturated carbocycles. The maximum atomic E-state index is 15.2. The molecule has 4 aromatic rings. The average Bonchev–Trinajstić information content (AvgIpc) is 1.64. The second kappa shape index (κ2) is 50.1. The van der Waals surface area contributed by atoms with Gasteiger partial charge in [-0.05, 0) is 153 Å². The third-order valence-corrected chi connectivity index (χ3v) is 21.1. The fourth-order valence-electron chi connectivity index (χ4n) is 13.6. The molecule has 1 aliphatic rings. The van der Waals surface area contributed by atoms with Crippen LogP contribution in [0.3, 0.4) is 0 Å². The quantitative estimate of drug-likeness (QED) is 0.0261. The number of phenolic OH excluding ortho intramolecular Hbond substituents is 1. The summed E-state index contributed by atoms with van der Waals surface area (Å²) in [4.78, 5) is 229. The van der Waals surface area contributed by atoms with E-state index in [2.05, 4.69) is 74.1 Å². The summed E-state index contributed by atoms with van der Waals surface area (Å²) in [5.41, 5.74) is 9.25. The van der Waals surface area contributed by atoms with E-state index < -0.39 is 197 Å². The highest BCUT2D eigenvalue weighted by molar-refractivity contribution is 6.41. The van der Waals surface area contributed by atoms with Gasteiger partial charge in [-0.2, -0.15) is 0 Å². The number of fused-ring (bicyclic) bond motifs is 1. The Kier molecular flexibility index (Phi) is 42.2. The maximum absolute atomic E-state index is 15.2. The number of allylic oxidation sites excluding steroid dienone is 2. The number of phenols is 1. The van der Waals surface area contributed by atoms with Gasteiger partial charge in [-0.25, -0.2) is 0 Å². The number of aliphatic hydroxyl groups is 2. The summed E-state index contributed by atoms with van der Waals surface area (Å²) in [6, 6.07) is 4.98. The molecule has 1 aliphatic heterocycles. The molecule has 0 spiro atoms. The van der Waals surface area contributed by atoms with Gasteiger partial charge in [0.05, 0.1) is 30.7 Å². The van der Waals surface area contributed by atoms with Crippen LogP contribution in [0.5, 0.6) is 5.75 Å². The molecule has 122 heavy (non-hydrogen) atoms. The molecule has 1 aromatic heterocycles. The molecule has 0 bridgehead atoms. The number of nitrogens with one attached hydrogen (secondary N) is 14. The minimum absolute atomic E-state index is 0. The van der Waals surface area contributed by atoms with Crippen molar-refractivity contribution in [2.75, 3.05) is 13.2 Å². The topological polar surface area (TPSA) is 558 Å². The summed E-state index contributed by atoms with van der Waals surface area (Å²) >= 11 is 0. The van der Waals surface area contributed by atoms with Gasteiger partial charge in [0.15, 0.2) is 0 Å². The van der Waals surface area contributed by atoms with Crippen molar-refractivity contribution in [2.45, 2.75) is 283 Å². The van der Waals surface area contributed by atoms with Gasteiger partial charge in [0.1, 0.15) is 71.2 Å². The van der Waals surface area contributed by atoms with Crippen LogP contribution in [0.1, 0.15) is 197 Å². The second-order valence-electron chi connectivity index (χ2n) is 32.7. The molecule has 4 unspecified atom stereocenters. The van der Waals surface area contributed by atoms with Crippen LogP contribution in [-0.2, 0) is 96.0 Å². The average molecular weight is 1700 g/mol. The zero-order valence-electron chi connectivity index (χ0n) is 71.4. The van der Waals surface area contributed by atoms with Crippen molar-refractivity contribution in [3.8, 4) is 5.75 Å². The number of aliphatic hydroxyl groups excluding tert-OH is 2. The predicted molar refractivity (Wildman–Crippen MR) is 457 cm³/mol. The Labute approximate surface area is 713 Å². The van der Waals surface area contributed by atoms with Gasteiger partial charge in [0.2, 0.25) is 94.3 Å². The van der Waals surface area contributed by atoms with Crippen molar-refractivity contribution in [2.24, 2.45) is 29.2 Å². The number of primary amides is 2. The van der Waals surface area contributed by atoms with E-state index in [-0.39, 0.29) is 95.8 Å². The Morgan fingerprint density at radius 3 is 1.80 bits per heavy atom. The Morgan fingerprint density at radius 2 is 1.17 bits per heavy atom. The van der Waals surface area contributed by atoms with Crippen LogP contribution in [0.2, 0.25) is 0 Å². The van der Waals surface area contributed by atoms with Crippen LogP contribution in [-0.4, -0.2) is 211 Å². The van der Waals surface area contributed by atoms with Gasteiger partial charge >= 0.3 is 0 Å². The number of benzene rings is 3. The fourth-order valence-corrected chi connectivity index (χ4v) is 13.6. The third kappa shape index (κ3) is 33.5. The van der Waals surface area contributed by atoms with Crippen LogP contribution < -0.4 is 80.6 Å². The van der Waals surface area contributed by atoms with Crippen LogP contribution in [0.4, 0.5) is 0 Å². The molecule has 2 heterocycles. The predicted octanol–water partition coefficient (Wildman–Crippen LogP) is 1.63. The normalized spacial score (nSPS) is 22.6. The number of carbonyl (C=O) groups excluding carboxylic acids is 16. The van der Waals surface area contributed by atoms with E-state index in [9.17, 15) is 72.9 Å². The number of carbonyl (C=O) groups is 16. The zero-order valence-corrected chi connectivity index (χ0v) is 71.4. The molecule has 0 saturated heterocycles. The molecule has 21 N–H and O–H groups in total. The van der Waals surface area contributed by atoms with Crippen LogP contribution in [0.25, 0.3) is 10.9 Å². The third-order valence-electron chi connectivity index (χ3n) is 21.1. The number of aromatic amines is 1. The molecule has 0 aliphatic carbocycles. The monoisotopic (exact) mass is 1700 g/mol. The van der Waals surface area contributed by atoms with E-state index in [1.54, 1.807) is 60.8 Å². The first-order valence-electron chi connectivity index (χ1n) is 41.4. The van der Waals surface area contributed by atoms with E-state index in [1.165, 1.54) is 79.7 Å². The van der Waals surface area contributed by atoms with E-state index in [0.29, 0.717) is 66.1 Å². The van der Waals surface area contributed by atoms with E-state index in [1.807, 2.05) is 39.8 Å². The summed E-state index contributed by atoms with van der Waals surface area (Å²) in [5.74, 6) is -15.8. The van der Waals surface area contributed by atoms with Crippen molar-refractivity contribution < 1.29 is 92.0 Å². The van der Waals surface area contributed by atoms with Crippen molar-refractivity contribution in [1.82, 2.24) is 74.1 Å². The van der Waals surface area contributed by atoms with Gasteiger partial charge in [0, 0.05) is 56.3 Å². The van der Waals surface area contributed by atoms with Crippen LogP contribution in [0, 0.1) is 17.8 Å². The molecule has 14 amide bonds. The van der Waals surface area contributed by atoms with Crippen molar-refractivity contribution in [1.29, 1.82) is 0 Å². The SMILES string of the molecule is C.CC(=O)N[C@@H](CC(C)C)C(=O)N[C@H](C(=O)N[C@@H](Cc1ccccc1)C(=O)N[C@]1(C)CCCCCC/C=C\CCC[C@@](C)(C(=O)NC(CO)C(=O)N[C@@H](C)C(=O)NC(C)C(N)=O)NC(=O)[C@H](CCC(C)C)CN[C@@H](CCC(N)=O)C(=O)C(=O)C(C)NC(=O)[C@H](Cc2c[nH]c3ccccc23)NC(=O)[C@H](Cc2ccc(O)cc2)NC(=O)C(C)NC1=O)[C@@H](C)O. The number of rotatable bonds is 30. The minimum atomic E-state index is -1.91. The van der Waals surface area contributed by atoms with Gasteiger partial charge in [-0.15, -0.1) is 0 Å². The molecule has 0 radical (unpaired) electrons. The summed E-state index contributed by atoms with van der Waals surface area (Å²) in [5, 5.41) is 67.0. The molecular formula is C87H130N16O19. The number of H-pyrrole nitrogens is 1. The fraction of sp³-hybridized carbons (Fsp3) is 0.563. The Hall–Kier alpha value is -11.5. The summed E-state index contributed by atoms with van der Waals surface area (Å²) in [7, 11) is 0. The number of nitrogens with two attached hydrogens (primary N) is 2. The van der Waals surface area contributed by atoms with Crippen molar-refractivity contribution in [3.05, 3.63) is 114 Å². The lowest BCUT2D eigenvalue weighted by molar-refractivity contribution is -0.140. The van der Waals surface area contributed by atoms with E-state index in [4.69, 9.17) is 11.5 Å². The Morgan fingerprint density at radius 1 is 0.566 bits per heavy atom.